The van der Waals surface area contributed by atoms with Crippen LogP contribution in [0.4, 0.5) is 0 Å². The summed E-state index contributed by atoms with van der Waals surface area (Å²) < 4.78 is 1.98. The number of likely N-dealkylation sites (tertiary alicyclic amines) is 1. The predicted molar refractivity (Wildman–Crippen MR) is 102 cm³/mol. The van der Waals surface area contributed by atoms with E-state index >= 15 is 0 Å². The van der Waals surface area contributed by atoms with Crippen molar-refractivity contribution in [1.29, 1.82) is 0 Å². The van der Waals surface area contributed by atoms with E-state index in [0.29, 0.717) is 5.92 Å². The number of hydrogen-bond donors (Lipinski definition) is 0. The van der Waals surface area contributed by atoms with E-state index in [4.69, 9.17) is 4.98 Å². The van der Waals surface area contributed by atoms with Gasteiger partial charge in [0.25, 0.3) is 0 Å². The van der Waals surface area contributed by atoms with Gasteiger partial charge in [-0.1, -0.05) is 30.3 Å². The summed E-state index contributed by atoms with van der Waals surface area (Å²) in [5.74, 6) is 0.693. The monoisotopic (exact) mass is 347 g/mol. The molecule has 0 unspecified atom stereocenters. The summed E-state index contributed by atoms with van der Waals surface area (Å²) >= 11 is 0. The van der Waals surface area contributed by atoms with Gasteiger partial charge >= 0.3 is 0 Å². The first-order chi connectivity index (χ1) is 12.8. The molecule has 2 aromatic heterocycles. The van der Waals surface area contributed by atoms with Crippen molar-refractivity contribution in [2.45, 2.75) is 25.8 Å². The molecule has 0 saturated carbocycles. The highest BCUT2D eigenvalue weighted by Gasteiger charge is 2.20. The van der Waals surface area contributed by atoms with Gasteiger partial charge in [-0.15, -0.1) is 0 Å². The fourth-order valence-electron chi connectivity index (χ4n) is 3.72. The van der Waals surface area contributed by atoms with Crippen LogP contribution in [-0.2, 0) is 20.0 Å². The maximum atomic E-state index is 4.82. The molecule has 4 rings (SSSR count). The lowest BCUT2D eigenvalue weighted by Gasteiger charge is -2.31. The van der Waals surface area contributed by atoms with E-state index in [-0.39, 0.29) is 0 Å². The number of hydrogen-bond acceptors (Lipinski definition) is 4. The van der Waals surface area contributed by atoms with Gasteiger partial charge in [0.1, 0.15) is 5.69 Å². The molecular weight excluding hydrogens is 322 g/mol. The number of rotatable bonds is 5. The second kappa shape index (κ2) is 7.79. The quantitative estimate of drug-likeness (QED) is 0.710. The van der Waals surface area contributed by atoms with Crippen LogP contribution >= 0.6 is 0 Å². The van der Waals surface area contributed by atoms with Crippen LogP contribution in [0.5, 0.6) is 0 Å². The lowest BCUT2D eigenvalue weighted by molar-refractivity contribution is 0.176. The Bertz CT molecular complexity index is 834. The van der Waals surface area contributed by atoms with Gasteiger partial charge in [-0.3, -0.25) is 9.88 Å². The highest BCUT2D eigenvalue weighted by Crippen LogP contribution is 2.23. The molecule has 5 heteroatoms. The third kappa shape index (κ3) is 3.99. The van der Waals surface area contributed by atoms with Gasteiger partial charge in [0.05, 0.1) is 30.1 Å². The summed E-state index contributed by atoms with van der Waals surface area (Å²) in [5, 5.41) is 0. The van der Waals surface area contributed by atoms with Crippen LogP contribution in [0, 0.1) is 5.92 Å². The van der Waals surface area contributed by atoms with E-state index in [9.17, 15) is 0 Å². The van der Waals surface area contributed by atoms with E-state index in [1.807, 2.05) is 30.2 Å². The first-order valence-electron chi connectivity index (χ1n) is 9.32. The zero-order valence-electron chi connectivity index (χ0n) is 15.3. The molecule has 0 bridgehead atoms. The Balaban J connectivity index is 1.34. The molecule has 1 saturated heterocycles. The second-order valence-corrected chi connectivity index (χ2v) is 7.19. The first kappa shape index (κ1) is 16.9. The summed E-state index contributed by atoms with van der Waals surface area (Å²) in [6, 6.07) is 10.7. The van der Waals surface area contributed by atoms with Crippen molar-refractivity contribution < 1.29 is 0 Å². The van der Waals surface area contributed by atoms with E-state index < -0.39 is 0 Å². The van der Waals surface area contributed by atoms with E-state index in [0.717, 1.165) is 43.1 Å². The minimum absolute atomic E-state index is 0.693. The molecule has 134 valence electrons. The van der Waals surface area contributed by atoms with Crippen molar-refractivity contribution in [2.75, 3.05) is 13.1 Å². The van der Waals surface area contributed by atoms with Crippen LogP contribution < -0.4 is 0 Å². The van der Waals surface area contributed by atoms with Crippen LogP contribution in [0.1, 0.15) is 24.1 Å². The molecule has 5 nitrogen and oxygen atoms in total. The van der Waals surface area contributed by atoms with Gasteiger partial charge in [0, 0.05) is 19.8 Å². The Labute approximate surface area is 154 Å². The van der Waals surface area contributed by atoms with E-state index in [1.165, 1.54) is 18.4 Å². The van der Waals surface area contributed by atoms with Gasteiger partial charge in [-0.25, -0.2) is 9.97 Å². The van der Waals surface area contributed by atoms with E-state index in [1.54, 1.807) is 6.33 Å². The Morgan fingerprint density at radius 3 is 2.54 bits per heavy atom. The molecule has 0 spiro atoms. The molecular formula is C21H25N5. The summed E-state index contributed by atoms with van der Waals surface area (Å²) in [4.78, 5) is 16.0. The zero-order valence-corrected chi connectivity index (χ0v) is 15.3. The minimum Gasteiger partial charge on any atom is -0.332 e. The maximum absolute atomic E-state index is 4.82. The largest absolute Gasteiger partial charge is 0.332 e. The maximum Gasteiger partial charge on any atom is 0.107 e. The SMILES string of the molecule is Cn1cncc1-c1cncc(CC2CCN(Cc3ccccc3)CC2)n1. The van der Waals surface area contributed by atoms with Crippen molar-refractivity contribution in [1.82, 2.24) is 24.4 Å². The molecule has 0 atom stereocenters. The number of piperidine rings is 1. The van der Waals surface area contributed by atoms with Gasteiger partial charge in [-0.2, -0.15) is 0 Å². The standard InChI is InChI=1S/C21H25N5/c1-25-16-23-14-21(25)20-13-22-12-19(24-20)11-17-7-9-26(10-8-17)15-18-5-3-2-4-6-18/h2-6,12-14,16-17H,7-11,15H2,1H3. The van der Waals surface area contributed by atoms with Crippen molar-refractivity contribution in [3.05, 3.63) is 66.5 Å². The van der Waals surface area contributed by atoms with Crippen LogP contribution in [0.3, 0.4) is 0 Å². The average molecular weight is 347 g/mol. The Hall–Kier alpha value is -2.53. The van der Waals surface area contributed by atoms with Gasteiger partial charge in [0.2, 0.25) is 0 Å². The summed E-state index contributed by atoms with van der Waals surface area (Å²) in [5.41, 5.74) is 4.41. The second-order valence-electron chi connectivity index (χ2n) is 7.19. The zero-order chi connectivity index (χ0) is 17.8. The van der Waals surface area contributed by atoms with Crippen molar-refractivity contribution in [3.63, 3.8) is 0 Å². The molecule has 3 heterocycles. The summed E-state index contributed by atoms with van der Waals surface area (Å²) in [6.07, 6.45) is 10.8. The lowest BCUT2D eigenvalue weighted by Crippen LogP contribution is -2.33. The summed E-state index contributed by atoms with van der Waals surface area (Å²) in [6.45, 7) is 3.38. The average Bonchev–Trinajstić information content (AvgIpc) is 3.10. The van der Waals surface area contributed by atoms with Gasteiger partial charge in [0.15, 0.2) is 0 Å². The Morgan fingerprint density at radius 1 is 1.00 bits per heavy atom. The van der Waals surface area contributed by atoms with Crippen LogP contribution in [0.25, 0.3) is 11.4 Å². The molecule has 1 aliphatic rings. The topological polar surface area (TPSA) is 46.8 Å². The number of nitrogens with zero attached hydrogens (tertiary/aromatic N) is 5. The molecule has 0 aliphatic carbocycles. The smallest absolute Gasteiger partial charge is 0.107 e. The molecule has 0 radical (unpaired) electrons. The molecule has 3 aromatic rings. The number of imidazole rings is 1. The number of benzene rings is 1. The van der Waals surface area contributed by atoms with Gasteiger partial charge in [-0.05, 0) is 43.8 Å². The van der Waals surface area contributed by atoms with E-state index in [2.05, 4.69) is 45.2 Å². The predicted octanol–water partition coefficient (Wildman–Crippen LogP) is 3.33. The molecule has 1 aliphatic heterocycles. The third-order valence-corrected chi connectivity index (χ3v) is 5.22. The minimum atomic E-state index is 0.693. The van der Waals surface area contributed by atoms with Crippen LogP contribution in [0.2, 0.25) is 0 Å². The Kier molecular flexibility index (Phi) is 5.07. The number of aryl methyl sites for hydroxylation is 1. The van der Waals surface area contributed by atoms with Crippen LogP contribution in [-0.4, -0.2) is 37.5 Å². The number of aromatic nitrogens is 4. The lowest BCUT2D eigenvalue weighted by atomic mass is 9.92. The summed E-state index contributed by atoms with van der Waals surface area (Å²) in [7, 11) is 1.99. The van der Waals surface area contributed by atoms with Gasteiger partial charge < -0.3 is 4.57 Å². The molecule has 1 fully saturated rings. The molecule has 0 amide bonds. The Morgan fingerprint density at radius 2 is 1.81 bits per heavy atom. The van der Waals surface area contributed by atoms with Crippen molar-refractivity contribution in [3.8, 4) is 11.4 Å². The molecule has 1 aromatic carbocycles. The van der Waals surface area contributed by atoms with Crippen LogP contribution in [0.15, 0.2) is 55.2 Å². The normalized spacial score (nSPS) is 16.0. The highest BCUT2D eigenvalue weighted by atomic mass is 15.1. The highest BCUT2D eigenvalue weighted by molar-refractivity contribution is 5.52. The fraction of sp³-hybridized carbons (Fsp3) is 0.381. The first-order valence-corrected chi connectivity index (χ1v) is 9.32. The molecule has 26 heavy (non-hydrogen) atoms. The third-order valence-electron chi connectivity index (χ3n) is 5.22. The van der Waals surface area contributed by atoms with Crippen molar-refractivity contribution >= 4 is 0 Å². The fourth-order valence-corrected chi connectivity index (χ4v) is 3.72. The molecule has 0 N–H and O–H groups in total. The van der Waals surface area contributed by atoms with Crippen molar-refractivity contribution in [2.24, 2.45) is 13.0 Å².